The van der Waals surface area contributed by atoms with Crippen LogP contribution in [0.2, 0.25) is 0 Å². The van der Waals surface area contributed by atoms with Crippen LogP contribution >= 0.6 is 0 Å². The van der Waals surface area contributed by atoms with Crippen molar-refractivity contribution in [3.05, 3.63) is 47.5 Å². The van der Waals surface area contributed by atoms with E-state index in [4.69, 9.17) is 0 Å². The van der Waals surface area contributed by atoms with E-state index in [1.54, 1.807) is 0 Å². The third kappa shape index (κ3) is 4.16. The van der Waals surface area contributed by atoms with Crippen molar-refractivity contribution in [1.82, 2.24) is 25.0 Å². The first-order valence-electron chi connectivity index (χ1n) is 7.80. The van der Waals surface area contributed by atoms with Crippen LogP contribution in [0.15, 0.2) is 30.3 Å². The summed E-state index contributed by atoms with van der Waals surface area (Å²) in [4.78, 5) is 14.4. The number of likely N-dealkylation sites (N-methyl/N-ethyl adjacent to an activating group) is 1. The van der Waals surface area contributed by atoms with Crippen molar-refractivity contribution in [2.45, 2.75) is 39.4 Å². The molecule has 0 bridgehead atoms. The molecule has 6 heteroatoms. The Morgan fingerprint density at radius 1 is 1.26 bits per heavy atom. The van der Waals surface area contributed by atoms with E-state index in [2.05, 4.69) is 15.5 Å². The van der Waals surface area contributed by atoms with Gasteiger partial charge in [-0.05, 0) is 33.4 Å². The molecule has 1 amide bonds. The maximum atomic E-state index is 12.5. The number of carbonyl (C=O) groups is 1. The molecular weight excluding hydrogens is 290 g/mol. The molecule has 0 saturated carbocycles. The molecule has 0 radical (unpaired) electrons. The Labute approximate surface area is 137 Å². The van der Waals surface area contributed by atoms with Gasteiger partial charge in [0.25, 0.3) is 0 Å². The summed E-state index contributed by atoms with van der Waals surface area (Å²) >= 11 is 0. The zero-order chi connectivity index (χ0) is 17.0. The van der Waals surface area contributed by atoms with Crippen LogP contribution in [-0.4, -0.2) is 38.7 Å². The Morgan fingerprint density at radius 2 is 1.91 bits per heavy atom. The minimum absolute atomic E-state index is 0.00254. The summed E-state index contributed by atoms with van der Waals surface area (Å²) in [6, 6.07) is 9.68. The van der Waals surface area contributed by atoms with E-state index < -0.39 is 0 Å². The minimum Gasteiger partial charge on any atom is -0.348 e. The molecule has 0 aliphatic carbocycles. The fourth-order valence-electron chi connectivity index (χ4n) is 2.31. The Kier molecular flexibility index (Phi) is 5.50. The van der Waals surface area contributed by atoms with Crippen molar-refractivity contribution < 1.29 is 4.79 Å². The van der Waals surface area contributed by atoms with Crippen LogP contribution in [0.1, 0.15) is 37.1 Å². The van der Waals surface area contributed by atoms with Crippen LogP contribution < -0.4 is 5.32 Å². The molecule has 1 aromatic heterocycles. The number of nitrogens with one attached hydrogen (secondary N) is 1. The molecule has 1 heterocycles. The predicted molar refractivity (Wildman–Crippen MR) is 89.7 cm³/mol. The van der Waals surface area contributed by atoms with Gasteiger partial charge in [0.05, 0.1) is 18.6 Å². The van der Waals surface area contributed by atoms with E-state index >= 15 is 0 Å². The molecule has 0 aliphatic rings. The van der Waals surface area contributed by atoms with Gasteiger partial charge in [-0.15, -0.1) is 10.2 Å². The zero-order valence-corrected chi connectivity index (χ0v) is 14.4. The average Bonchev–Trinajstić information content (AvgIpc) is 2.86. The number of hydrogen-bond acceptors (Lipinski definition) is 4. The monoisotopic (exact) mass is 315 g/mol. The first-order chi connectivity index (χ1) is 10.9. The Morgan fingerprint density at radius 3 is 2.48 bits per heavy atom. The summed E-state index contributed by atoms with van der Waals surface area (Å²) in [7, 11) is 3.85. The predicted octanol–water partition coefficient (Wildman–Crippen LogP) is 1.82. The molecule has 0 saturated heterocycles. The quantitative estimate of drug-likeness (QED) is 0.883. The summed E-state index contributed by atoms with van der Waals surface area (Å²) in [5.41, 5.74) is 1.10. The van der Waals surface area contributed by atoms with E-state index in [0.717, 1.165) is 17.2 Å². The molecule has 0 spiro atoms. The number of hydrogen-bond donors (Lipinski definition) is 1. The number of nitrogens with zero attached hydrogens (tertiary/aromatic N) is 4. The van der Waals surface area contributed by atoms with Crippen LogP contribution in [-0.2, 0) is 18.4 Å². The highest BCUT2D eigenvalue weighted by Gasteiger charge is 2.21. The summed E-state index contributed by atoms with van der Waals surface area (Å²) in [5.74, 6) is 1.71. The second-order valence-electron chi connectivity index (χ2n) is 5.95. The fraction of sp³-hybridized carbons (Fsp3) is 0.471. The van der Waals surface area contributed by atoms with Crippen molar-refractivity contribution in [1.29, 1.82) is 0 Å². The lowest BCUT2D eigenvalue weighted by Crippen LogP contribution is -2.44. The standard InChI is InChI=1S/C17H25N5O/c1-12(15-9-7-6-8-10-15)18-17(23)13(2)21(4)11-16-20-19-14(3)22(16)5/h6-10,12-13H,11H2,1-5H3,(H,18,23). The van der Waals surface area contributed by atoms with Gasteiger partial charge in [0.15, 0.2) is 0 Å². The van der Waals surface area contributed by atoms with Gasteiger partial charge in [-0.3, -0.25) is 9.69 Å². The third-order valence-corrected chi connectivity index (χ3v) is 4.27. The van der Waals surface area contributed by atoms with E-state index in [1.165, 1.54) is 0 Å². The number of aryl methyl sites for hydroxylation is 1. The molecule has 0 fully saturated rings. The lowest BCUT2D eigenvalue weighted by Gasteiger charge is -2.25. The van der Waals surface area contributed by atoms with Crippen molar-refractivity contribution in [2.75, 3.05) is 7.05 Å². The van der Waals surface area contributed by atoms with Gasteiger partial charge in [0.1, 0.15) is 11.6 Å². The van der Waals surface area contributed by atoms with Crippen molar-refractivity contribution >= 4 is 5.91 Å². The lowest BCUT2D eigenvalue weighted by molar-refractivity contribution is -0.126. The zero-order valence-electron chi connectivity index (χ0n) is 14.4. The number of carbonyl (C=O) groups excluding carboxylic acids is 1. The molecule has 6 nitrogen and oxygen atoms in total. The normalized spacial score (nSPS) is 13.8. The van der Waals surface area contributed by atoms with Crippen LogP contribution in [0.25, 0.3) is 0 Å². The maximum absolute atomic E-state index is 12.5. The van der Waals surface area contributed by atoms with Gasteiger partial charge in [-0.25, -0.2) is 0 Å². The molecule has 124 valence electrons. The molecule has 2 rings (SSSR count). The third-order valence-electron chi connectivity index (χ3n) is 4.27. The van der Waals surface area contributed by atoms with Crippen molar-refractivity contribution in [3.63, 3.8) is 0 Å². The van der Waals surface area contributed by atoms with Crippen LogP contribution in [0.5, 0.6) is 0 Å². The average molecular weight is 315 g/mol. The first kappa shape index (κ1) is 17.1. The van der Waals surface area contributed by atoms with E-state index in [1.807, 2.05) is 74.7 Å². The van der Waals surface area contributed by atoms with Gasteiger partial charge < -0.3 is 9.88 Å². The van der Waals surface area contributed by atoms with Crippen molar-refractivity contribution in [3.8, 4) is 0 Å². The van der Waals surface area contributed by atoms with Gasteiger partial charge in [0.2, 0.25) is 5.91 Å². The number of aromatic nitrogens is 3. The molecule has 2 atom stereocenters. The highest BCUT2D eigenvalue weighted by atomic mass is 16.2. The van der Waals surface area contributed by atoms with E-state index in [9.17, 15) is 4.79 Å². The van der Waals surface area contributed by atoms with Gasteiger partial charge >= 0.3 is 0 Å². The van der Waals surface area contributed by atoms with E-state index in [-0.39, 0.29) is 18.0 Å². The van der Waals surface area contributed by atoms with Crippen molar-refractivity contribution in [2.24, 2.45) is 7.05 Å². The highest BCUT2D eigenvalue weighted by molar-refractivity contribution is 5.81. The molecule has 2 unspecified atom stereocenters. The summed E-state index contributed by atoms with van der Waals surface area (Å²) < 4.78 is 1.94. The Bertz CT molecular complexity index is 652. The second-order valence-corrected chi connectivity index (χ2v) is 5.95. The summed E-state index contributed by atoms with van der Waals surface area (Å²) in [6.45, 7) is 6.38. The number of rotatable bonds is 6. The summed E-state index contributed by atoms with van der Waals surface area (Å²) in [5, 5.41) is 11.3. The van der Waals surface area contributed by atoms with Gasteiger partial charge in [0, 0.05) is 7.05 Å². The fourth-order valence-corrected chi connectivity index (χ4v) is 2.31. The topological polar surface area (TPSA) is 63.1 Å². The molecule has 1 aromatic carbocycles. The molecular formula is C17H25N5O. The smallest absolute Gasteiger partial charge is 0.237 e. The van der Waals surface area contributed by atoms with Crippen LogP contribution in [0.4, 0.5) is 0 Å². The maximum Gasteiger partial charge on any atom is 0.237 e. The SMILES string of the molecule is Cc1nnc(CN(C)C(C)C(=O)NC(C)c2ccccc2)n1C. The Balaban J connectivity index is 1.95. The lowest BCUT2D eigenvalue weighted by atomic mass is 10.1. The molecule has 0 aliphatic heterocycles. The van der Waals surface area contributed by atoms with Gasteiger partial charge in [-0.2, -0.15) is 0 Å². The number of amides is 1. The summed E-state index contributed by atoms with van der Waals surface area (Å²) in [6.07, 6.45) is 0. The highest BCUT2D eigenvalue weighted by Crippen LogP contribution is 2.12. The minimum atomic E-state index is -0.252. The molecule has 2 aromatic rings. The first-order valence-corrected chi connectivity index (χ1v) is 7.80. The second kappa shape index (κ2) is 7.37. The van der Waals surface area contributed by atoms with Crippen LogP contribution in [0.3, 0.4) is 0 Å². The Hall–Kier alpha value is -2.21. The largest absolute Gasteiger partial charge is 0.348 e. The van der Waals surface area contributed by atoms with Gasteiger partial charge in [-0.1, -0.05) is 30.3 Å². The number of benzene rings is 1. The molecule has 23 heavy (non-hydrogen) atoms. The molecule has 1 N–H and O–H groups in total. The van der Waals surface area contributed by atoms with Crippen LogP contribution in [0, 0.1) is 6.92 Å². The van der Waals surface area contributed by atoms with E-state index in [0.29, 0.717) is 6.54 Å².